The Hall–Kier alpha value is -2.30. The maximum Gasteiger partial charge on any atom is 0.322 e. The van der Waals surface area contributed by atoms with Crippen LogP contribution >= 0.6 is 0 Å². The molecule has 5 heteroatoms. The van der Waals surface area contributed by atoms with Crippen LogP contribution in [-0.4, -0.2) is 22.3 Å². The SMILES string of the molecule is Cc1[nH]ncc1CNC(=O)N1c2ccccc2CC1C. The molecular weight excluding hydrogens is 252 g/mol. The van der Waals surface area contributed by atoms with Gasteiger partial charge in [-0.15, -0.1) is 0 Å². The van der Waals surface area contributed by atoms with E-state index >= 15 is 0 Å². The van der Waals surface area contributed by atoms with E-state index in [9.17, 15) is 4.79 Å². The van der Waals surface area contributed by atoms with Gasteiger partial charge < -0.3 is 5.32 Å². The predicted octanol–water partition coefficient (Wildman–Crippen LogP) is 2.38. The molecule has 0 aliphatic carbocycles. The lowest BCUT2D eigenvalue weighted by Gasteiger charge is -2.23. The van der Waals surface area contributed by atoms with Crippen molar-refractivity contribution < 1.29 is 4.79 Å². The van der Waals surface area contributed by atoms with Crippen LogP contribution in [0.1, 0.15) is 23.7 Å². The fraction of sp³-hybridized carbons (Fsp3) is 0.333. The highest BCUT2D eigenvalue weighted by Gasteiger charge is 2.30. The number of nitrogens with one attached hydrogen (secondary N) is 2. The molecule has 3 rings (SSSR count). The van der Waals surface area contributed by atoms with Crippen molar-refractivity contribution in [2.24, 2.45) is 0 Å². The molecule has 0 fully saturated rings. The molecule has 1 aromatic heterocycles. The number of aromatic amines is 1. The molecule has 20 heavy (non-hydrogen) atoms. The Balaban J connectivity index is 1.73. The number of benzene rings is 1. The summed E-state index contributed by atoms with van der Waals surface area (Å²) < 4.78 is 0. The Morgan fingerprint density at radius 1 is 1.50 bits per heavy atom. The first kappa shape index (κ1) is 12.7. The highest BCUT2D eigenvalue weighted by Crippen LogP contribution is 2.31. The molecular formula is C15H18N4O. The Morgan fingerprint density at radius 2 is 2.30 bits per heavy atom. The zero-order valence-corrected chi connectivity index (χ0v) is 11.7. The molecule has 1 aromatic carbocycles. The Labute approximate surface area is 118 Å². The molecule has 1 unspecified atom stereocenters. The third-order valence-electron chi connectivity index (χ3n) is 3.79. The third kappa shape index (κ3) is 2.15. The lowest BCUT2D eigenvalue weighted by molar-refractivity contribution is 0.244. The maximum absolute atomic E-state index is 12.4. The summed E-state index contributed by atoms with van der Waals surface area (Å²) in [7, 11) is 0. The number of urea groups is 1. The number of H-pyrrole nitrogens is 1. The molecule has 0 saturated heterocycles. The van der Waals surface area contributed by atoms with Crippen molar-refractivity contribution in [3.8, 4) is 0 Å². The zero-order chi connectivity index (χ0) is 14.1. The average Bonchev–Trinajstić information content (AvgIpc) is 2.98. The van der Waals surface area contributed by atoms with Crippen LogP contribution in [-0.2, 0) is 13.0 Å². The number of carbonyl (C=O) groups excluding carboxylic acids is 1. The summed E-state index contributed by atoms with van der Waals surface area (Å²) in [6.45, 7) is 4.51. The van der Waals surface area contributed by atoms with Gasteiger partial charge in [0.2, 0.25) is 0 Å². The van der Waals surface area contributed by atoms with Crippen molar-refractivity contribution in [1.82, 2.24) is 15.5 Å². The number of hydrogen-bond donors (Lipinski definition) is 2. The van der Waals surface area contributed by atoms with E-state index in [0.717, 1.165) is 23.4 Å². The van der Waals surface area contributed by atoms with Gasteiger partial charge in [0.15, 0.2) is 0 Å². The van der Waals surface area contributed by atoms with E-state index in [1.807, 2.05) is 30.0 Å². The van der Waals surface area contributed by atoms with E-state index < -0.39 is 0 Å². The van der Waals surface area contributed by atoms with Crippen LogP contribution in [0.4, 0.5) is 10.5 Å². The molecule has 2 amide bonds. The Kier molecular flexibility index (Phi) is 3.18. The lowest BCUT2D eigenvalue weighted by atomic mass is 10.1. The first-order valence-corrected chi connectivity index (χ1v) is 6.80. The summed E-state index contributed by atoms with van der Waals surface area (Å²) in [5, 5.41) is 9.80. The summed E-state index contributed by atoms with van der Waals surface area (Å²) in [4.78, 5) is 14.2. The fourth-order valence-electron chi connectivity index (χ4n) is 2.68. The highest BCUT2D eigenvalue weighted by molar-refractivity contribution is 5.94. The zero-order valence-electron chi connectivity index (χ0n) is 11.7. The van der Waals surface area contributed by atoms with Gasteiger partial charge in [-0.05, 0) is 31.9 Å². The van der Waals surface area contributed by atoms with Crippen LogP contribution in [0.2, 0.25) is 0 Å². The van der Waals surface area contributed by atoms with Crippen LogP contribution in [0.25, 0.3) is 0 Å². The normalized spacial score (nSPS) is 17.1. The number of aromatic nitrogens is 2. The van der Waals surface area contributed by atoms with E-state index in [1.165, 1.54) is 5.56 Å². The summed E-state index contributed by atoms with van der Waals surface area (Å²) in [6.07, 6.45) is 2.66. The maximum atomic E-state index is 12.4. The van der Waals surface area contributed by atoms with Gasteiger partial charge in [0.1, 0.15) is 0 Å². The van der Waals surface area contributed by atoms with Crippen molar-refractivity contribution in [2.45, 2.75) is 32.9 Å². The number of anilines is 1. The van der Waals surface area contributed by atoms with Crippen LogP contribution in [0.5, 0.6) is 0 Å². The van der Waals surface area contributed by atoms with E-state index in [-0.39, 0.29) is 12.1 Å². The summed E-state index contributed by atoms with van der Waals surface area (Å²) in [6, 6.07) is 8.21. The standard InChI is InChI=1S/C15H18N4O/c1-10-7-12-5-3-4-6-14(12)19(10)15(20)16-8-13-9-17-18-11(13)2/h3-6,9-10H,7-8H2,1-2H3,(H,16,20)(H,17,18). The first-order valence-electron chi connectivity index (χ1n) is 6.80. The summed E-state index contributed by atoms with van der Waals surface area (Å²) in [5.74, 6) is 0. The van der Waals surface area contributed by atoms with Crippen LogP contribution < -0.4 is 10.2 Å². The Bertz CT molecular complexity index is 634. The lowest BCUT2D eigenvalue weighted by Crippen LogP contribution is -2.43. The number of carbonyl (C=O) groups is 1. The minimum absolute atomic E-state index is 0.0527. The van der Waals surface area contributed by atoms with Crippen molar-refractivity contribution in [3.05, 3.63) is 47.3 Å². The monoisotopic (exact) mass is 270 g/mol. The van der Waals surface area contributed by atoms with Gasteiger partial charge in [0.25, 0.3) is 0 Å². The molecule has 5 nitrogen and oxygen atoms in total. The molecule has 0 saturated carbocycles. The molecule has 1 atom stereocenters. The molecule has 0 spiro atoms. The second-order valence-corrected chi connectivity index (χ2v) is 5.23. The predicted molar refractivity (Wildman–Crippen MR) is 77.6 cm³/mol. The number of nitrogens with zero attached hydrogens (tertiary/aromatic N) is 2. The van der Waals surface area contributed by atoms with Gasteiger partial charge in [-0.25, -0.2) is 4.79 Å². The van der Waals surface area contributed by atoms with Gasteiger partial charge in [-0.3, -0.25) is 10.00 Å². The molecule has 2 aromatic rings. The molecule has 0 radical (unpaired) electrons. The van der Waals surface area contributed by atoms with Gasteiger partial charge in [-0.2, -0.15) is 5.10 Å². The van der Waals surface area contributed by atoms with Crippen molar-refractivity contribution in [2.75, 3.05) is 4.90 Å². The van der Waals surface area contributed by atoms with Crippen molar-refractivity contribution >= 4 is 11.7 Å². The van der Waals surface area contributed by atoms with Crippen LogP contribution in [0.15, 0.2) is 30.5 Å². The quantitative estimate of drug-likeness (QED) is 0.880. The second-order valence-electron chi connectivity index (χ2n) is 5.23. The number of fused-ring (bicyclic) bond motifs is 1. The van der Waals surface area contributed by atoms with Gasteiger partial charge in [-0.1, -0.05) is 18.2 Å². The molecule has 2 heterocycles. The number of para-hydroxylation sites is 1. The number of amides is 2. The largest absolute Gasteiger partial charge is 0.333 e. The number of aryl methyl sites for hydroxylation is 1. The summed E-state index contributed by atoms with van der Waals surface area (Å²) >= 11 is 0. The van der Waals surface area contributed by atoms with Crippen LogP contribution in [0, 0.1) is 6.92 Å². The highest BCUT2D eigenvalue weighted by atomic mass is 16.2. The Morgan fingerprint density at radius 3 is 3.05 bits per heavy atom. The first-order chi connectivity index (χ1) is 9.66. The van der Waals surface area contributed by atoms with E-state index in [2.05, 4.69) is 28.5 Å². The minimum atomic E-state index is -0.0527. The molecule has 1 aliphatic rings. The number of rotatable bonds is 2. The molecule has 2 N–H and O–H groups in total. The number of hydrogen-bond acceptors (Lipinski definition) is 2. The van der Waals surface area contributed by atoms with E-state index in [0.29, 0.717) is 6.54 Å². The third-order valence-corrected chi connectivity index (χ3v) is 3.79. The van der Waals surface area contributed by atoms with Gasteiger partial charge in [0, 0.05) is 29.5 Å². The molecule has 1 aliphatic heterocycles. The minimum Gasteiger partial charge on any atom is -0.333 e. The fourth-order valence-corrected chi connectivity index (χ4v) is 2.68. The van der Waals surface area contributed by atoms with Crippen molar-refractivity contribution in [1.29, 1.82) is 0 Å². The van der Waals surface area contributed by atoms with Gasteiger partial charge >= 0.3 is 6.03 Å². The smallest absolute Gasteiger partial charge is 0.322 e. The molecule has 104 valence electrons. The second kappa shape index (κ2) is 5.00. The van der Waals surface area contributed by atoms with E-state index in [4.69, 9.17) is 0 Å². The topological polar surface area (TPSA) is 61.0 Å². The van der Waals surface area contributed by atoms with Gasteiger partial charge in [0.05, 0.1) is 6.20 Å². The molecule has 0 bridgehead atoms. The van der Waals surface area contributed by atoms with Crippen molar-refractivity contribution in [3.63, 3.8) is 0 Å². The summed E-state index contributed by atoms with van der Waals surface area (Å²) in [5.41, 5.74) is 4.25. The van der Waals surface area contributed by atoms with E-state index in [1.54, 1.807) is 6.20 Å². The van der Waals surface area contributed by atoms with Crippen LogP contribution in [0.3, 0.4) is 0 Å². The average molecular weight is 270 g/mol.